The van der Waals surface area contributed by atoms with E-state index >= 15 is 0 Å². The van der Waals surface area contributed by atoms with Gasteiger partial charge in [-0.25, -0.2) is 0 Å². The average Bonchev–Trinajstić information content (AvgIpc) is 2.97. The molecule has 21 heavy (non-hydrogen) atoms. The lowest BCUT2D eigenvalue weighted by Crippen LogP contribution is -1.86. The number of hydrogen-bond acceptors (Lipinski definition) is 0. The molecule has 1 N–H and O–H groups in total. The standard InChI is InChI=1S/C20H19N/c1-15(17-8-4-3-5-9-17)12-13-16(2)19-14-21-20-11-7-6-10-18(19)20/h3-11,14,21H,1-2,12-13H2. The Morgan fingerprint density at radius 2 is 1.48 bits per heavy atom. The van der Waals surface area contributed by atoms with Crippen LogP contribution >= 0.6 is 0 Å². The van der Waals surface area contributed by atoms with E-state index < -0.39 is 0 Å². The van der Waals surface area contributed by atoms with Crippen LogP contribution < -0.4 is 0 Å². The van der Waals surface area contributed by atoms with Crippen LogP contribution in [-0.2, 0) is 0 Å². The van der Waals surface area contributed by atoms with Gasteiger partial charge in [-0.3, -0.25) is 0 Å². The Bertz CT molecular complexity index is 778. The number of hydrogen-bond donors (Lipinski definition) is 1. The highest BCUT2D eigenvalue weighted by atomic mass is 14.7. The minimum absolute atomic E-state index is 0.926. The van der Waals surface area contributed by atoms with Crippen molar-refractivity contribution in [3.8, 4) is 0 Å². The van der Waals surface area contributed by atoms with Crippen molar-refractivity contribution in [3.63, 3.8) is 0 Å². The number of benzene rings is 2. The first kappa shape index (κ1) is 13.4. The molecule has 0 atom stereocenters. The summed E-state index contributed by atoms with van der Waals surface area (Å²) in [7, 11) is 0. The van der Waals surface area contributed by atoms with Crippen molar-refractivity contribution in [2.75, 3.05) is 0 Å². The maximum Gasteiger partial charge on any atom is 0.0460 e. The third-order valence-corrected chi connectivity index (χ3v) is 3.88. The molecule has 0 aliphatic rings. The summed E-state index contributed by atoms with van der Waals surface area (Å²) in [6, 6.07) is 18.7. The van der Waals surface area contributed by atoms with Crippen molar-refractivity contribution in [3.05, 3.63) is 85.1 Å². The third-order valence-electron chi connectivity index (χ3n) is 3.88. The molecule has 1 heteroatoms. The predicted molar refractivity (Wildman–Crippen MR) is 92.0 cm³/mol. The molecule has 3 rings (SSSR count). The molecule has 0 unspecified atom stereocenters. The summed E-state index contributed by atoms with van der Waals surface area (Å²) in [6.45, 7) is 8.44. The Kier molecular flexibility index (Phi) is 3.74. The number of rotatable bonds is 5. The van der Waals surface area contributed by atoms with Crippen molar-refractivity contribution in [1.29, 1.82) is 0 Å². The summed E-state index contributed by atoms with van der Waals surface area (Å²) < 4.78 is 0. The Morgan fingerprint density at radius 1 is 0.810 bits per heavy atom. The van der Waals surface area contributed by atoms with Gasteiger partial charge in [0.25, 0.3) is 0 Å². The quantitative estimate of drug-likeness (QED) is 0.616. The number of nitrogens with one attached hydrogen (secondary N) is 1. The molecule has 0 aliphatic heterocycles. The van der Waals surface area contributed by atoms with Crippen molar-refractivity contribution >= 4 is 22.0 Å². The van der Waals surface area contributed by atoms with Crippen LogP contribution in [0.1, 0.15) is 24.0 Å². The molecule has 1 heterocycles. The molecule has 1 aromatic heterocycles. The van der Waals surface area contributed by atoms with Crippen LogP contribution in [0, 0.1) is 0 Å². The van der Waals surface area contributed by atoms with Gasteiger partial charge in [-0.2, -0.15) is 0 Å². The van der Waals surface area contributed by atoms with Gasteiger partial charge in [-0.05, 0) is 35.6 Å². The topological polar surface area (TPSA) is 15.8 Å². The fourth-order valence-corrected chi connectivity index (χ4v) is 2.62. The molecule has 3 aromatic rings. The van der Waals surface area contributed by atoms with Crippen molar-refractivity contribution < 1.29 is 0 Å². The first-order chi connectivity index (χ1) is 10.3. The minimum Gasteiger partial charge on any atom is -0.361 e. The highest BCUT2D eigenvalue weighted by Crippen LogP contribution is 2.29. The van der Waals surface area contributed by atoms with Crippen LogP contribution in [0.5, 0.6) is 0 Å². The molecule has 0 spiro atoms. The summed E-state index contributed by atoms with van der Waals surface area (Å²) >= 11 is 0. The molecule has 0 radical (unpaired) electrons. The summed E-state index contributed by atoms with van der Waals surface area (Å²) in [4.78, 5) is 3.31. The third kappa shape index (κ3) is 2.82. The zero-order valence-electron chi connectivity index (χ0n) is 12.1. The van der Waals surface area contributed by atoms with Crippen molar-refractivity contribution in [2.45, 2.75) is 12.8 Å². The van der Waals surface area contributed by atoms with Crippen LogP contribution in [0.15, 0.2) is 74.0 Å². The zero-order valence-corrected chi connectivity index (χ0v) is 12.1. The first-order valence-electron chi connectivity index (χ1n) is 7.23. The molecule has 0 saturated heterocycles. The predicted octanol–water partition coefficient (Wildman–Crippen LogP) is 5.67. The number of allylic oxidation sites excluding steroid dienone is 2. The molecular weight excluding hydrogens is 254 g/mol. The largest absolute Gasteiger partial charge is 0.361 e. The van der Waals surface area contributed by atoms with Crippen LogP contribution in [0.2, 0.25) is 0 Å². The van der Waals surface area contributed by atoms with Crippen LogP contribution in [-0.4, -0.2) is 4.98 Å². The maximum absolute atomic E-state index is 4.25. The summed E-state index contributed by atoms with van der Waals surface area (Å²) in [5.74, 6) is 0. The Morgan fingerprint density at radius 3 is 2.29 bits per heavy atom. The molecule has 0 bridgehead atoms. The number of fused-ring (bicyclic) bond motifs is 1. The fourth-order valence-electron chi connectivity index (χ4n) is 2.62. The molecule has 0 amide bonds. The van der Waals surface area contributed by atoms with Crippen LogP contribution in [0.25, 0.3) is 22.0 Å². The van der Waals surface area contributed by atoms with Crippen LogP contribution in [0.4, 0.5) is 0 Å². The second-order valence-electron chi connectivity index (χ2n) is 5.32. The van der Waals surface area contributed by atoms with Gasteiger partial charge in [0.2, 0.25) is 0 Å². The van der Waals surface area contributed by atoms with Gasteiger partial charge < -0.3 is 4.98 Å². The first-order valence-corrected chi connectivity index (χ1v) is 7.23. The van der Waals surface area contributed by atoms with E-state index in [4.69, 9.17) is 0 Å². The second kappa shape index (κ2) is 5.84. The maximum atomic E-state index is 4.25. The lowest BCUT2D eigenvalue weighted by Gasteiger charge is -2.08. The van der Waals surface area contributed by atoms with E-state index in [0.29, 0.717) is 0 Å². The Balaban J connectivity index is 1.71. The molecular formula is C20H19N. The van der Waals surface area contributed by atoms with Crippen molar-refractivity contribution in [2.24, 2.45) is 0 Å². The zero-order chi connectivity index (χ0) is 14.7. The summed E-state index contributed by atoms with van der Waals surface area (Å²) in [5, 5.41) is 1.24. The Labute approximate surface area is 125 Å². The van der Waals surface area contributed by atoms with E-state index in [9.17, 15) is 0 Å². The number of aromatic amines is 1. The van der Waals surface area contributed by atoms with Gasteiger partial charge >= 0.3 is 0 Å². The lowest BCUT2D eigenvalue weighted by atomic mass is 9.97. The fraction of sp³-hybridized carbons (Fsp3) is 0.100. The van der Waals surface area contributed by atoms with Gasteiger partial charge in [-0.1, -0.05) is 61.7 Å². The van der Waals surface area contributed by atoms with E-state index in [-0.39, 0.29) is 0 Å². The molecule has 0 saturated carbocycles. The Hall–Kier alpha value is -2.54. The summed E-state index contributed by atoms with van der Waals surface area (Å²) in [6.07, 6.45) is 3.91. The van der Waals surface area contributed by atoms with E-state index in [1.54, 1.807) is 0 Å². The van der Waals surface area contributed by atoms with Gasteiger partial charge in [-0.15, -0.1) is 0 Å². The van der Waals surface area contributed by atoms with E-state index in [1.807, 2.05) is 12.1 Å². The van der Waals surface area contributed by atoms with Crippen LogP contribution in [0.3, 0.4) is 0 Å². The molecule has 0 fully saturated rings. The van der Waals surface area contributed by atoms with Gasteiger partial charge in [0.1, 0.15) is 0 Å². The molecule has 0 aliphatic carbocycles. The van der Waals surface area contributed by atoms with E-state index in [2.05, 4.69) is 66.8 Å². The highest BCUT2D eigenvalue weighted by Gasteiger charge is 2.07. The SMILES string of the molecule is C=C(CCC(=C)c1c[nH]c2ccccc12)c1ccccc1. The van der Waals surface area contributed by atoms with E-state index in [0.717, 1.165) is 29.5 Å². The van der Waals surface area contributed by atoms with Gasteiger partial charge in [0.15, 0.2) is 0 Å². The van der Waals surface area contributed by atoms with E-state index in [1.165, 1.54) is 16.5 Å². The average molecular weight is 273 g/mol. The monoisotopic (exact) mass is 273 g/mol. The summed E-state index contributed by atoms with van der Waals surface area (Å²) in [5.41, 5.74) is 5.91. The number of aromatic nitrogens is 1. The van der Waals surface area contributed by atoms with Gasteiger partial charge in [0, 0.05) is 22.7 Å². The lowest BCUT2D eigenvalue weighted by molar-refractivity contribution is 1.09. The smallest absolute Gasteiger partial charge is 0.0460 e. The molecule has 2 aromatic carbocycles. The molecule has 104 valence electrons. The second-order valence-corrected chi connectivity index (χ2v) is 5.32. The van der Waals surface area contributed by atoms with Gasteiger partial charge in [0.05, 0.1) is 0 Å². The normalized spacial score (nSPS) is 10.7. The minimum atomic E-state index is 0.926. The van der Waals surface area contributed by atoms with Crippen molar-refractivity contribution in [1.82, 2.24) is 4.98 Å². The number of para-hydroxylation sites is 1. The molecule has 1 nitrogen and oxygen atoms in total. The highest BCUT2D eigenvalue weighted by molar-refractivity contribution is 5.92. The number of H-pyrrole nitrogens is 1.